The normalized spacial score (nSPS) is 38.1. The molecule has 4 heteroatoms. The Kier molecular flexibility index (Phi) is 7.78. The van der Waals surface area contributed by atoms with E-state index in [4.69, 9.17) is 0 Å². The van der Waals surface area contributed by atoms with Crippen molar-refractivity contribution in [2.45, 2.75) is 106 Å². The molecule has 1 heterocycles. The van der Waals surface area contributed by atoms with E-state index in [1.165, 1.54) is 48.8 Å². The molecule has 2 aromatic carbocycles. The molecular weight excluding hydrogens is 627 g/mol. The zero-order valence-electron chi connectivity index (χ0n) is 31.9. The fraction of sp³-hybridized carbons (Fsp3) is 0.553. The molecular formula is C47H57NO3. The van der Waals surface area contributed by atoms with Crippen LogP contribution in [0, 0.1) is 56.7 Å². The number of para-hydroxylation sites is 1. The van der Waals surface area contributed by atoms with E-state index < -0.39 is 5.97 Å². The molecule has 1 N–H and O–H groups in total. The molecule has 4 saturated carbocycles. The van der Waals surface area contributed by atoms with Crippen LogP contribution in [0.25, 0.3) is 27.6 Å². The summed E-state index contributed by atoms with van der Waals surface area (Å²) in [7, 11) is 0. The monoisotopic (exact) mass is 683 g/mol. The molecule has 5 aliphatic carbocycles. The number of carbonyl (C=O) groups is 2. The molecule has 51 heavy (non-hydrogen) atoms. The van der Waals surface area contributed by atoms with Gasteiger partial charge in [0.1, 0.15) is 5.78 Å². The number of ketones is 1. The summed E-state index contributed by atoms with van der Waals surface area (Å²) < 4.78 is 0. The predicted molar refractivity (Wildman–Crippen MR) is 207 cm³/mol. The van der Waals surface area contributed by atoms with Crippen LogP contribution in [0.3, 0.4) is 0 Å². The Bertz CT molecular complexity index is 1990. The molecule has 3 aromatic rings. The van der Waals surface area contributed by atoms with E-state index in [0.717, 1.165) is 31.2 Å². The minimum absolute atomic E-state index is 0.00280. The molecule has 1 aromatic heterocycles. The second-order valence-electron chi connectivity index (χ2n) is 18.9. The van der Waals surface area contributed by atoms with Crippen molar-refractivity contribution in [3.63, 3.8) is 0 Å². The Morgan fingerprint density at radius 3 is 2.20 bits per heavy atom. The molecule has 0 aliphatic heterocycles. The first kappa shape index (κ1) is 34.6. The first-order valence-electron chi connectivity index (χ1n) is 19.7. The summed E-state index contributed by atoms with van der Waals surface area (Å²) in [5.74, 6) is 2.24. The van der Waals surface area contributed by atoms with E-state index in [1.54, 1.807) is 6.20 Å². The van der Waals surface area contributed by atoms with Gasteiger partial charge in [-0.25, -0.2) is 4.79 Å². The third-order valence-corrected chi connectivity index (χ3v) is 16.8. The van der Waals surface area contributed by atoms with Crippen molar-refractivity contribution in [3.05, 3.63) is 84.1 Å². The van der Waals surface area contributed by atoms with Gasteiger partial charge in [-0.2, -0.15) is 0 Å². The van der Waals surface area contributed by atoms with Crippen LogP contribution in [-0.4, -0.2) is 21.8 Å². The van der Waals surface area contributed by atoms with Crippen molar-refractivity contribution in [1.82, 2.24) is 4.98 Å². The van der Waals surface area contributed by atoms with E-state index in [2.05, 4.69) is 83.4 Å². The number of carboxylic acids is 1. The van der Waals surface area contributed by atoms with Crippen molar-refractivity contribution in [2.24, 2.45) is 56.7 Å². The third-order valence-electron chi connectivity index (χ3n) is 16.8. The number of Topliss-reactive ketones (excluding diaryl/α,β-unsaturated/α-hetero) is 1. The Balaban J connectivity index is 1.12. The Labute approximate surface area is 305 Å². The van der Waals surface area contributed by atoms with Crippen LogP contribution in [0.2, 0.25) is 0 Å². The van der Waals surface area contributed by atoms with Crippen molar-refractivity contribution in [3.8, 4) is 11.1 Å². The zero-order chi connectivity index (χ0) is 36.3. The molecule has 0 bridgehead atoms. The molecule has 0 saturated heterocycles. The maximum atomic E-state index is 13.5. The molecule has 5 aliphatic rings. The average Bonchev–Trinajstić information content (AvgIpc) is 3.50. The summed E-state index contributed by atoms with van der Waals surface area (Å²) in [4.78, 5) is 30.6. The highest BCUT2D eigenvalue weighted by atomic mass is 16.4. The topological polar surface area (TPSA) is 67.3 Å². The highest BCUT2D eigenvalue weighted by Crippen LogP contribution is 2.77. The molecule has 0 unspecified atom stereocenters. The van der Waals surface area contributed by atoms with Gasteiger partial charge in [-0.1, -0.05) is 95.3 Å². The molecule has 0 radical (unpaired) electrons. The smallest absolute Gasteiger partial charge is 0.337 e. The summed E-state index contributed by atoms with van der Waals surface area (Å²) in [6.45, 7) is 21.5. The summed E-state index contributed by atoms with van der Waals surface area (Å²) in [6.07, 6.45) is 14.8. The number of carbonyl (C=O) groups excluding carboxylic acids is 1. The Hall–Kier alpha value is -3.53. The van der Waals surface area contributed by atoms with Crippen LogP contribution < -0.4 is 0 Å². The number of nitrogens with zero attached hydrogens (tertiary/aromatic N) is 1. The second-order valence-corrected chi connectivity index (χ2v) is 18.9. The van der Waals surface area contributed by atoms with Crippen LogP contribution >= 0.6 is 0 Å². The molecule has 9 atom stereocenters. The number of hydrogen-bond donors (Lipinski definition) is 1. The second kappa shape index (κ2) is 11.5. The number of rotatable bonds is 5. The summed E-state index contributed by atoms with van der Waals surface area (Å²) >= 11 is 0. The fourth-order valence-corrected chi connectivity index (χ4v) is 14.3. The molecule has 4 fully saturated rings. The molecule has 0 amide bonds. The van der Waals surface area contributed by atoms with Gasteiger partial charge >= 0.3 is 5.97 Å². The van der Waals surface area contributed by atoms with Crippen LogP contribution in [0.5, 0.6) is 0 Å². The van der Waals surface area contributed by atoms with Crippen molar-refractivity contribution >= 4 is 28.2 Å². The Morgan fingerprint density at radius 1 is 0.804 bits per heavy atom. The quantitative estimate of drug-likeness (QED) is 0.272. The largest absolute Gasteiger partial charge is 0.478 e. The maximum Gasteiger partial charge on any atom is 0.337 e. The molecule has 8 rings (SSSR count). The number of hydrogen-bond acceptors (Lipinski definition) is 3. The van der Waals surface area contributed by atoms with E-state index >= 15 is 0 Å². The maximum absolute atomic E-state index is 13.5. The van der Waals surface area contributed by atoms with E-state index in [-0.39, 0.29) is 27.1 Å². The van der Waals surface area contributed by atoms with E-state index in [0.29, 0.717) is 57.4 Å². The lowest BCUT2D eigenvalue weighted by atomic mass is 9.32. The van der Waals surface area contributed by atoms with Crippen LogP contribution in [0.15, 0.2) is 73.0 Å². The van der Waals surface area contributed by atoms with Crippen LogP contribution in [-0.2, 0) is 4.79 Å². The van der Waals surface area contributed by atoms with Gasteiger partial charge in [0.15, 0.2) is 0 Å². The Morgan fingerprint density at radius 2 is 1.51 bits per heavy atom. The first-order chi connectivity index (χ1) is 24.1. The lowest BCUT2D eigenvalue weighted by molar-refractivity contribution is -0.224. The number of aromatic carboxylic acids is 1. The third kappa shape index (κ3) is 4.59. The van der Waals surface area contributed by atoms with E-state index in [9.17, 15) is 14.7 Å². The van der Waals surface area contributed by atoms with Gasteiger partial charge in [-0.15, -0.1) is 0 Å². The zero-order valence-corrected chi connectivity index (χ0v) is 31.9. The molecule has 4 nitrogen and oxygen atoms in total. The number of carboxylic acid groups (broad SMARTS) is 1. The number of aromatic nitrogens is 1. The lowest BCUT2D eigenvalue weighted by Gasteiger charge is -2.72. The number of allylic oxidation sites excluding steroid dienone is 3. The standard InChI is InChI=1S/C47H57NO3/c1-28(2)32-19-24-47(29(3)49)26-25-45(7)36(41(32)47)17-18-39-44(6)22-20-35(43(4,5)38(44)21-23-46(39,45)8)31-15-13-30(14-16-31)34-27-48-37-12-10-9-11-33(37)40(34)42(50)51/h9-16,20,27,32,36,38-39,41H,1,17-19,21-26H2,2-8H3,(H,50,51)/t32-,36+,38-,39+,41+,44-,45+,46+,47+/m0/s1. The van der Waals surface area contributed by atoms with Gasteiger partial charge < -0.3 is 5.11 Å². The van der Waals surface area contributed by atoms with Crippen molar-refractivity contribution in [2.75, 3.05) is 0 Å². The lowest BCUT2D eigenvalue weighted by Crippen LogP contribution is -2.65. The number of benzene rings is 2. The summed E-state index contributed by atoms with van der Waals surface area (Å²) in [5.41, 5.74) is 7.03. The van der Waals surface area contributed by atoms with Gasteiger partial charge in [0.05, 0.1) is 11.1 Å². The van der Waals surface area contributed by atoms with Crippen LogP contribution in [0.4, 0.5) is 0 Å². The highest BCUT2D eigenvalue weighted by molar-refractivity contribution is 6.08. The van der Waals surface area contributed by atoms with Crippen LogP contribution in [0.1, 0.15) is 122 Å². The number of pyridine rings is 1. The average molecular weight is 684 g/mol. The predicted octanol–water partition coefficient (Wildman–Crippen LogP) is 11.8. The van der Waals surface area contributed by atoms with Gasteiger partial charge in [0, 0.05) is 22.6 Å². The minimum Gasteiger partial charge on any atom is -0.478 e. The van der Waals surface area contributed by atoms with Gasteiger partial charge in [-0.05, 0) is 146 Å². The van der Waals surface area contributed by atoms with Gasteiger partial charge in [-0.3, -0.25) is 9.78 Å². The van der Waals surface area contributed by atoms with Crippen molar-refractivity contribution in [1.29, 1.82) is 0 Å². The fourth-order valence-electron chi connectivity index (χ4n) is 14.3. The van der Waals surface area contributed by atoms with E-state index in [1.807, 2.05) is 31.2 Å². The summed E-state index contributed by atoms with van der Waals surface area (Å²) in [6, 6.07) is 16.1. The first-order valence-corrected chi connectivity index (χ1v) is 19.7. The molecule has 0 spiro atoms. The van der Waals surface area contributed by atoms with Crippen molar-refractivity contribution < 1.29 is 14.7 Å². The highest BCUT2D eigenvalue weighted by Gasteiger charge is 2.71. The van der Waals surface area contributed by atoms with Gasteiger partial charge in [0.25, 0.3) is 0 Å². The van der Waals surface area contributed by atoms with Gasteiger partial charge in [0.2, 0.25) is 0 Å². The summed E-state index contributed by atoms with van der Waals surface area (Å²) in [5, 5.41) is 10.9. The molecule has 268 valence electrons. The SMILES string of the molecule is C=C(C)[C@@H]1CC[C@]2(C(C)=O)CC[C@]3(C)[C@H](CC[C@@H]4[C@@]5(C)CC=C(c6ccc(-c7cnc8ccccc8c7C(=O)O)cc6)C(C)(C)[C@@H]5CC[C@]43C)[C@@H]12. The number of fused-ring (bicyclic) bond motifs is 8. The minimum atomic E-state index is -0.930.